The Bertz CT molecular complexity index is 436. The molecule has 9 heteroatoms. The summed E-state index contributed by atoms with van der Waals surface area (Å²) < 4.78 is 15.4. The molecule has 0 rings (SSSR count). The van der Waals surface area contributed by atoms with Crippen molar-refractivity contribution in [1.29, 1.82) is 0 Å². The van der Waals surface area contributed by atoms with Gasteiger partial charge in [0, 0.05) is 6.42 Å². The Morgan fingerprint density at radius 3 is 1.59 bits per heavy atom. The lowest BCUT2D eigenvalue weighted by molar-refractivity contribution is -0.298. The Morgan fingerprint density at radius 2 is 1.24 bits per heavy atom. The highest BCUT2D eigenvalue weighted by atomic mass is 31.2. The lowest BCUT2D eigenvalue weighted by Crippen LogP contribution is -2.39. The number of aliphatic hydroxyl groups is 1. The first kappa shape index (κ1) is 28.7. The lowest BCUT2D eigenvalue weighted by Gasteiger charge is -2.22. The minimum Gasteiger partial charge on any atom is -0.393 e. The van der Waals surface area contributed by atoms with Crippen LogP contribution in [0.25, 0.3) is 0 Å². The predicted octanol–water partition coefficient (Wildman–Crippen LogP) is 4.76. The number of carbonyl (C=O) groups is 1. The number of hydrogen-bond donors (Lipinski definition) is 4. The number of hydrogen-bond acceptors (Lipinski definition) is 6. The van der Waals surface area contributed by atoms with Crippen LogP contribution in [0.4, 0.5) is 0 Å². The van der Waals surface area contributed by atoms with Crippen LogP contribution in [0.15, 0.2) is 0 Å². The van der Waals surface area contributed by atoms with Crippen molar-refractivity contribution in [3.05, 3.63) is 0 Å². The van der Waals surface area contributed by atoms with Gasteiger partial charge in [0.25, 0.3) is 0 Å². The van der Waals surface area contributed by atoms with Gasteiger partial charge in [-0.1, -0.05) is 90.4 Å². The molecule has 0 saturated carbocycles. The molecule has 0 amide bonds. The first-order chi connectivity index (χ1) is 13.9. The lowest BCUT2D eigenvalue weighted by atomic mass is 10.0. The smallest absolute Gasteiger partial charge is 0.393 e. The summed E-state index contributed by atoms with van der Waals surface area (Å²) in [5.74, 6) is -0.611. The van der Waals surface area contributed by atoms with Gasteiger partial charge >= 0.3 is 7.82 Å². The molecule has 29 heavy (non-hydrogen) atoms. The van der Waals surface area contributed by atoms with Crippen molar-refractivity contribution in [2.45, 2.75) is 115 Å². The Hall–Kier alpha value is -0.340. The van der Waals surface area contributed by atoms with Crippen LogP contribution in [0.2, 0.25) is 0 Å². The highest BCUT2D eigenvalue weighted by Gasteiger charge is 2.35. The molecule has 174 valence electrons. The molecule has 0 aliphatic carbocycles. The summed E-state index contributed by atoms with van der Waals surface area (Å²) in [6.45, 7) is 1.43. The number of carbonyl (C=O) groups excluding carboxylic acids is 1. The zero-order chi connectivity index (χ0) is 22.0. The summed E-state index contributed by atoms with van der Waals surface area (Å²) in [6.07, 6.45) is 13.3. The van der Waals surface area contributed by atoms with Crippen molar-refractivity contribution in [3.63, 3.8) is 0 Å². The molecule has 0 spiro atoms. The van der Waals surface area contributed by atoms with Gasteiger partial charge in [-0.05, 0) is 6.42 Å². The number of ketones is 1. The fraction of sp³-hybridized carbons (Fsp3) is 0.950. The maximum Gasteiger partial charge on any atom is 0.470 e. The number of phosphoric acid groups is 1. The quantitative estimate of drug-likeness (QED) is 0.0869. The summed E-state index contributed by atoms with van der Waals surface area (Å²) >= 11 is 0. The van der Waals surface area contributed by atoms with Crippen LogP contribution >= 0.6 is 7.82 Å². The van der Waals surface area contributed by atoms with E-state index in [2.05, 4.69) is 16.3 Å². The average molecular weight is 441 g/mol. The van der Waals surface area contributed by atoms with E-state index < -0.39 is 32.4 Å². The van der Waals surface area contributed by atoms with Gasteiger partial charge < -0.3 is 14.9 Å². The summed E-state index contributed by atoms with van der Waals surface area (Å²) in [4.78, 5) is 33.8. The fourth-order valence-corrected chi connectivity index (χ4v) is 3.85. The van der Waals surface area contributed by atoms with E-state index in [1.807, 2.05) is 0 Å². The topological polar surface area (TPSA) is 134 Å². The molecule has 0 aliphatic heterocycles. The van der Waals surface area contributed by atoms with Crippen molar-refractivity contribution < 1.29 is 38.9 Å². The van der Waals surface area contributed by atoms with Gasteiger partial charge in [-0.25, -0.2) is 9.45 Å². The third kappa shape index (κ3) is 17.1. The minimum absolute atomic E-state index is 0.0442. The van der Waals surface area contributed by atoms with Gasteiger partial charge in [-0.3, -0.25) is 14.6 Å². The molecule has 0 aromatic rings. The summed E-state index contributed by atoms with van der Waals surface area (Å²) in [7, 11) is -4.95. The van der Waals surface area contributed by atoms with E-state index in [1.165, 1.54) is 64.2 Å². The number of rotatable bonds is 21. The maximum atomic E-state index is 12.1. The average Bonchev–Trinajstić information content (AvgIpc) is 2.67. The Morgan fingerprint density at radius 1 is 0.828 bits per heavy atom. The number of phosphoric ester groups is 1. The third-order valence-corrected chi connectivity index (χ3v) is 5.50. The van der Waals surface area contributed by atoms with Crippen LogP contribution in [0, 0.1) is 0 Å². The molecular weight excluding hydrogens is 399 g/mol. The molecular formula is C20H41O8P. The van der Waals surface area contributed by atoms with Crippen molar-refractivity contribution >= 4 is 13.6 Å². The predicted molar refractivity (Wildman–Crippen MR) is 111 cm³/mol. The van der Waals surface area contributed by atoms with E-state index in [-0.39, 0.29) is 6.42 Å². The van der Waals surface area contributed by atoms with Gasteiger partial charge in [0.15, 0.2) is 11.9 Å². The molecule has 0 bridgehead atoms. The summed E-state index contributed by atoms with van der Waals surface area (Å²) in [5, 5.41) is 17.8. The SMILES string of the molecule is CCCCCCCCCCCCCCCCC(=O)C(OP(=O)(O)O)[C@H](CO)OO. The normalized spacial score (nSPS) is 14.1. The summed E-state index contributed by atoms with van der Waals surface area (Å²) in [5.41, 5.74) is 0. The molecule has 0 heterocycles. The Kier molecular flexibility index (Phi) is 18.2. The monoisotopic (exact) mass is 440 g/mol. The Balaban J connectivity index is 3.76. The van der Waals surface area contributed by atoms with Crippen LogP contribution in [0.3, 0.4) is 0 Å². The highest BCUT2D eigenvalue weighted by molar-refractivity contribution is 7.46. The molecule has 4 N–H and O–H groups in total. The number of aliphatic hydroxyl groups excluding tert-OH is 1. The van der Waals surface area contributed by atoms with E-state index in [1.54, 1.807) is 0 Å². The number of unbranched alkanes of at least 4 members (excludes halogenated alkanes) is 13. The molecule has 2 atom stereocenters. The minimum atomic E-state index is -4.95. The number of Topliss-reactive ketones (excluding diaryl/α,β-unsaturated/α-hetero) is 1. The van der Waals surface area contributed by atoms with Crippen LogP contribution in [-0.2, 0) is 18.8 Å². The fourth-order valence-electron chi connectivity index (χ4n) is 3.30. The van der Waals surface area contributed by atoms with Crippen molar-refractivity contribution in [3.8, 4) is 0 Å². The van der Waals surface area contributed by atoms with E-state index in [0.29, 0.717) is 6.42 Å². The maximum absolute atomic E-state index is 12.1. The zero-order valence-electron chi connectivity index (χ0n) is 17.8. The largest absolute Gasteiger partial charge is 0.470 e. The van der Waals surface area contributed by atoms with Crippen LogP contribution in [0.1, 0.15) is 103 Å². The van der Waals surface area contributed by atoms with Crippen molar-refractivity contribution in [1.82, 2.24) is 0 Å². The van der Waals surface area contributed by atoms with Crippen molar-refractivity contribution in [2.24, 2.45) is 0 Å². The first-order valence-corrected chi connectivity index (χ1v) is 12.6. The van der Waals surface area contributed by atoms with Crippen LogP contribution in [-0.4, -0.2) is 44.7 Å². The Labute approximate surface area is 175 Å². The third-order valence-electron chi connectivity index (χ3n) is 5.00. The second-order valence-corrected chi connectivity index (χ2v) is 8.85. The van der Waals surface area contributed by atoms with E-state index in [9.17, 15) is 9.36 Å². The van der Waals surface area contributed by atoms with Gasteiger partial charge in [0.1, 0.15) is 6.10 Å². The van der Waals surface area contributed by atoms with Crippen molar-refractivity contribution in [2.75, 3.05) is 6.61 Å². The molecule has 0 saturated heterocycles. The second kappa shape index (κ2) is 18.4. The van der Waals surface area contributed by atoms with Crippen LogP contribution in [0.5, 0.6) is 0 Å². The van der Waals surface area contributed by atoms with Crippen LogP contribution < -0.4 is 0 Å². The molecule has 0 fully saturated rings. The highest BCUT2D eigenvalue weighted by Crippen LogP contribution is 2.39. The molecule has 0 aromatic heterocycles. The van der Waals surface area contributed by atoms with Gasteiger partial charge in [-0.15, -0.1) is 0 Å². The molecule has 0 aliphatic rings. The molecule has 0 radical (unpaired) electrons. The van der Waals surface area contributed by atoms with Gasteiger partial charge in [0.2, 0.25) is 0 Å². The molecule has 1 unspecified atom stereocenters. The first-order valence-electron chi connectivity index (χ1n) is 11.0. The molecule has 0 aromatic carbocycles. The molecule has 8 nitrogen and oxygen atoms in total. The standard InChI is InChI=1S/C20H41O8P/c1-2-3-4-5-6-7-8-9-10-11-12-13-14-15-16-18(22)20(19(17-21)27-23)28-29(24,25)26/h19-21,23H,2-17H2,1H3,(H2,24,25,26)/t19-,20?/m0/s1. The van der Waals surface area contributed by atoms with Gasteiger partial charge in [0.05, 0.1) is 6.61 Å². The van der Waals surface area contributed by atoms with E-state index in [0.717, 1.165) is 19.3 Å². The van der Waals surface area contributed by atoms with E-state index >= 15 is 0 Å². The summed E-state index contributed by atoms with van der Waals surface area (Å²) in [6, 6.07) is 0. The van der Waals surface area contributed by atoms with Gasteiger partial charge in [-0.2, -0.15) is 0 Å². The van der Waals surface area contributed by atoms with E-state index in [4.69, 9.17) is 20.2 Å². The second-order valence-electron chi connectivity index (χ2n) is 7.66. The zero-order valence-corrected chi connectivity index (χ0v) is 18.7.